The number of nitrogens with zero attached hydrogens (tertiary/aromatic N) is 2. The second kappa shape index (κ2) is 6.70. The zero-order valence-corrected chi connectivity index (χ0v) is 10.8. The Morgan fingerprint density at radius 2 is 2.18 bits per heavy atom. The van der Waals surface area contributed by atoms with Crippen molar-refractivity contribution in [1.82, 2.24) is 9.55 Å². The first-order valence-electron chi connectivity index (χ1n) is 4.76. The summed E-state index contributed by atoms with van der Waals surface area (Å²) < 4.78 is 11.6. The van der Waals surface area contributed by atoms with Crippen molar-refractivity contribution in [2.45, 2.75) is 12.8 Å². The van der Waals surface area contributed by atoms with Crippen LogP contribution >= 0.6 is 15.9 Å². The van der Waals surface area contributed by atoms with Crippen LogP contribution in [0, 0.1) is 0 Å². The molecule has 0 aliphatic heterocycles. The molecule has 0 amide bonds. The number of hydrogen-bond acceptors (Lipinski definition) is 6. The Morgan fingerprint density at radius 3 is 2.71 bits per heavy atom. The third-order valence-corrected chi connectivity index (χ3v) is 2.51. The summed E-state index contributed by atoms with van der Waals surface area (Å²) >= 11 is 3.18. The first kappa shape index (κ1) is 14.1. The molecule has 0 aromatic carbocycles. The van der Waals surface area contributed by atoms with Gasteiger partial charge in [-0.3, -0.25) is 4.57 Å². The molecule has 0 unspecified atom stereocenters. The fraction of sp³-hybridized carbons (Fsp3) is 0.556. The monoisotopic (exact) mass is 308 g/mol. The molecule has 1 aromatic rings. The Hall–Kier alpha value is -0.960. The van der Waals surface area contributed by atoms with Crippen molar-refractivity contribution in [3.8, 4) is 5.88 Å². The van der Waals surface area contributed by atoms with Crippen LogP contribution in [0.15, 0.2) is 15.5 Å². The highest BCUT2D eigenvalue weighted by Crippen LogP contribution is 2.18. The van der Waals surface area contributed by atoms with Crippen molar-refractivity contribution >= 4 is 15.9 Å². The van der Waals surface area contributed by atoms with Gasteiger partial charge in [0.2, 0.25) is 5.88 Å². The van der Waals surface area contributed by atoms with Crippen LogP contribution < -0.4 is 10.4 Å². The molecule has 1 aromatic heterocycles. The third kappa shape index (κ3) is 3.77. The highest BCUT2D eigenvalue weighted by atomic mass is 79.9. The van der Waals surface area contributed by atoms with E-state index in [1.54, 1.807) is 0 Å². The highest BCUT2D eigenvalue weighted by molar-refractivity contribution is 9.10. The van der Waals surface area contributed by atoms with E-state index in [1.165, 1.54) is 17.9 Å². The van der Waals surface area contributed by atoms with Crippen LogP contribution in [0.1, 0.15) is 0 Å². The maximum absolute atomic E-state index is 11.5. The molecule has 0 atom stereocenters. The summed E-state index contributed by atoms with van der Waals surface area (Å²) in [5.41, 5.74) is -0.542. The Bertz CT molecular complexity index is 418. The SMILES string of the molecule is COc1nc(=O)n(COC(CO)CO)cc1Br. The van der Waals surface area contributed by atoms with Gasteiger partial charge in [0.15, 0.2) is 0 Å². The van der Waals surface area contributed by atoms with Crippen LogP contribution in [0.2, 0.25) is 0 Å². The van der Waals surface area contributed by atoms with Crippen LogP contribution in [0.4, 0.5) is 0 Å². The Labute approximate surface area is 106 Å². The number of rotatable bonds is 6. The van der Waals surface area contributed by atoms with Gasteiger partial charge < -0.3 is 19.7 Å². The molecule has 0 spiro atoms. The van der Waals surface area contributed by atoms with E-state index in [0.29, 0.717) is 4.47 Å². The van der Waals surface area contributed by atoms with Crippen LogP contribution in [-0.2, 0) is 11.5 Å². The first-order chi connectivity index (χ1) is 8.12. The lowest BCUT2D eigenvalue weighted by atomic mass is 10.4. The molecule has 8 heteroatoms. The van der Waals surface area contributed by atoms with Crippen LogP contribution in [0.3, 0.4) is 0 Å². The molecular weight excluding hydrogens is 296 g/mol. The minimum absolute atomic E-state index is 0.111. The largest absolute Gasteiger partial charge is 0.480 e. The summed E-state index contributed by atoms with van der Waals surface area (Å²) in [5, 5.41) is 17.6. The lowest BCUT2D eigenvalue weighted by molar-refractivity contribution is -0.0513. The maximum atomic E-state index is 11.5. The Morgan fingerprint density at radius 1 is 1.53 bits per heavy atom. The Balaban J connectivity index is 2.78. The quantitative estimate of drug-likeness (QED) is 0.725. The van der Waals surface area contributed by atoms with Crippen molar-refractivity contribution in [3.63, 3.8) is 0 Å². The van der Waals surface area contributed by atoms with Gasteiger partial charge >= 0.3 is 5.69 Å². The second-order valence-corrected chi connectivity index (χ2v) is 3.99. The number of hydrogen-bond donors (Lipinski definition) is 2. The number of methoxy groups -OCH3 is 1. The van der Waals surface area contributed by atoms with Crippen molar-refractivity contribution in [3.05, 3.63) is 21.2 Å². The summed E-state index contributed by atoms with van der Waals surface area (Å²) in [6.07, 6.45) is 0.739. The molecule has 0 saturated heterocycles. The second-order valence-electron chi connectivity index (χ2n) is 3.13. The molecule has 0 aliphatic rings. The average molecular weight is 309 g/mol. The van der Waals surface area contributed by atoms with Crippen LogP contribution in [0.25, 0.3) is 0 Å². The Kier molecular flexibility index (Phi) is 5.56. The summed E-state index contributed by atoms with van der Waals surface area (Å²) in [5.74, 6) is 0.187. The molecule has 2 N–H and O–H groups in total. The minimum Gasteiger partial charge on any atom is -0.480 e. The minimum atomic E-state index is -0.720. The fourth-order valence-corrected chi connectivity index (χ4v) is 1.53. The summed E-state index contributed by atoms with van der Waals surface area (Å²) in [7, 11) is 1.40. The summed E-state index contributed by atoms with van der Waals surface area (Å²) in [6.45, 7) is -0.758. The van der Waals surface area contributed by atoms with E-state index in [4.69, 9.17) is 19.7 Å². The number of ether oxygens (including phenoxy) is 2. The zero-order chi connectivity index (χ0) is 12.8. The predicted octanol–water partition coefficient (Wildman–Crippen LogP) is -0.658. The van der Waals surface area contributed by atoms with Crippen molar-refractivity contribution in [1.29, 1.82) is 0 Å². The molecule has 0 aliphatic carbocycles. The molecular formula is C9H13BrN2O5. The lowest BCUT2D eigenvalue weighted by Crippen LogP contribution is -2.29. The normalized spacial score (nSPS) is 10.9. The summed E-state index contributed by atoms with van der Waals surface area (Å²) in [4.78, 5) is 15.1. The molecule has 96 valence electrons. The predicted molar refractivity (Wildman–Crippen MR) is 61.8 cm³/mol. The van der Waals surface area contributed by atoms with Crippen LogP contribution in [-0.4, -0.2) is 46.2 Å². The van der Waals surface area contributed by atoms with Gasteiger partial charge in [0.1, 0.15) is 12.8 Å². The number of aliphatic hydroxyl groups excluding tert-OH is 2. The molecule has 0 fully saturated rings. The van der Waals surface area contributed by atoms with Gasteiger partial charge in [-0.15, -0.1) is 0 Å². The molecule has 0 bridgehead atoms. The zero-order valence-electron chi connectivity index (χ0n) is 9.17. The third-order valence-electron chi connectivity index (χ3n) is 1.97. The van der Waals surface area contributed by atoms with Crippen molar-refractivity contribution in [2.75, 3.05) is 20.3 Å². The van der Waals surface area contributed by atoms with Gasteiger partial charge in [0, 0.05) is 6.20 Å². The molecule has 1 rings (SSSR count). The van der Waals surface area contributed by atoms with E-state index in [2.05, 4.69) is 20.9 Å². The van der Waals surface area contributed by atoms with E-state index >= 15 is 0 Å². The van der Waals surface area contributed by atoms with Gasteiger partial charge in [-0.25, -0.2) is 4.79 Å². The van der Waals surface area contributed by atoms with E-state index in [0.717, 1.165) is 0 Å². The number of aromatic nitrogens is 2. The summed E-state index contributed by atoms with van der Waals surface area (Å²) in [6, 6.07) is 0. The van der Waals surface area contributed by atoms with Gasteiger partial charge in [-0.05, 0) is 15.9 Å². The van der Waals surface area contributed by atoms with Gasteiger partial charge in [-0.1, -0.05) is 0 Å². The van der Waals surface area contributed by atoms with Crippen LogP contribution in [0.5, 0.6) is 5.88 Å². The molecule has 0 saturated carbocycles. The smallest absolute Gasteiger partial charge is 0.352 e. The number of halogens is 1. The molecule has 1 heterocycles. The van der Waals surface area contributed by atoms with E-state index < -0.39 is 11.8 Å². The van der Waals surface area contributed by atoms with Crippen molar-refractivity contribution in [2.24, 2.45) is 0 Å². The molecule has 0 radical (unpaired) electrons. The highest BCUT2D eigenvalue weighted by Gasteiger charge is 2.09. The fourth-order valence-electron chi connectivity index (χ4n) is 1.04. The molecule has 17 heavy (non-hydrogen) atoms. The van der Waals surface area contributed by atoms with Gasteiger partial charge in [0.05, 0.1) is 24.8 Å². The first-order valence-corrected chi connectivity index (χ1v) is 5.56. The maximum Gasteiger partial charge on any atom is 0.352 e. The lowest BCUT2D eigenvalue weighted by Gasteiger charge is -2.13. The van der Waals surface area contributed by atoms with Crippen molar-refractivity contribution < 1.29 is 19.7 Å². The standard InChI is InChI=1S/C9H13BrN2O5/c1-16-8-7(10)2-12(9(15)11-8)5-17-6(3-13)4-14/h2,6,13-14H,3-5H2,1H3. The topological polar surface area (TPSA) is 93.8 Å². The molecule has 7 nitrogen and oxygen atoms in total. The number of aliphatic hydroxyl groups is 2. The van der Waals surface area contributed by atoms with Gasteiger partial charge in [0.25, 0.3) is 0 Å². The van der Waals surface area contributed by atoms with E-state index in [1.807, 2.05) is 0 Å². The van der Waals surface area contributed by atoms with Gasteiger partial charge in [-0.2, -0.15) is 4.98 Å². The average Bonchev–Trinajstić information content (AvgIpc) is 2.34. The van der Waals surface area contributed by atoms with E-state index in [9.17, 15) is 4.79 Å². The van der Waals surface area contributed by atoms with E-state index in [-0.39, 0.29) is 25.8 Å².